The lowest BCUT2D eigenvalue weighted by Crippen LogP contribution is -2.10. The van der Waals surface area contributed by atoms with E-state index >= 15 is 0 Å². The van der Waals surface area contributed by atoms with Gasteiger partial charge in [0.1, 0.15) is 0 Å². The van der Waals surface area contributed by atoms with Crippen LogP contribution in [0.15, 0.2) is 206 Å². The van der Waals surface area contributed by atoms with E-state index in [0.717, 1.165) is 22.7 Å². The second kappa shape index (κ2) is 12.7. The molecule has 0 saturated carbocycles. The van der Waals surface area contributed by atoms with Crippen molar-refractivity contribution in [1.29, 1.82) is 0 Å². The molecule has 0 saturated heterocycles. The van der Waals surface area contributed by atoms with Crippen molar-refractivity contribution < 1.29 is 0 Å². The molecule has 12 aromatic rings. The van der Waals surface area contributed by atoms with Gasteiger partial charge < -0.3 is 9.47 Å². The fourth-order valence-electron chi connectivity index (χ4n) is 9.06. The Morgan fingerprint density at radius 3 is 1.75 bits per heavy atom. The van der Waals surface area contributed by atoms with Gasteiger partial charge in [-0.05, 0) is 110 Å². The molecule has 0 fully saturated rings. The van der Waals surface area contributed by atoms with Crippen molar-refractivity contribution in [1.82, 2.24) is 4.57 Å². The van der Waals surface area contributed by atoms with Crippen molar-refractivity contribution in [2.75, 3.05) is 4.90 Å². The zero-order valence-electron chi connectivity index (χ0n) is 30.9. The molecule has 2 heterocycles. The number of rotatable bonds is 5. The van der Waals surface area contributed by atoms with Crippen molar-refractivity contribution in [3.8, 4) is 16.8 Å². The van der Waals surface area contributed by atoms with Crippen molar-refractivity contribution in [2.45, 2.75) is 0 Å². The highest BCUT2D eigenvalue weighted by molar-refractivity contribution is 7.25. The van der Waals surface area contributed by atoms with Crippen LogP contribution in [0.2, 0.25) is 0 Å². The Kier molecular flexibility index (Phi) is 7.13. The van der Waals surface area contributed by atoms with E-state index in [9.17, 15) is 0 Å². The van der Waals surface area contributed by atoms with E-state index in [1.54, 1.807) is 0 Å². The van der Waals surface area contributed by atoms with Crippen molar-refractivity contribution in [2.24, 2.45) is 0 Å². The number of nitrogens with zero attached hydrogens (tertiary/aromatic N) is 2. The van der Waals surface area contributed by atoms with Gasteiger partial charge >= 0.3 is 0 Å². The van der Waals surface area contributed by atoms with Crippen LogP contribution in [-0.2, 0) is 0 Å². The summed E-state index contributed by atoms with van der Waals surface area (Å²) in [7, 11) is 0. The fourth-order valence-corrected chi connectivity index (χ4v) is 10.1. The highest BCUT2D eigenvalue weighted by atomic mass is 32.1. The molecule has 2 aromatic heterocycles. The van der Waals surface area contributed by atoms with Crippen LogP contribution in [0, 0.1) is 0 Å². The minimum atomic E-state index is 1.10. The largest absolute Gasteiger partial charge is 0.310 e. The molecular weight excluding hydrogens is 709 g/mol. The molecule has 10 aromatic carbocycles. The summed E-state index contributed by atoms with van der Waals surface area (Å²) in [6.45, 7) is 0. The highest BCUT2D eigenvalue weighted by Crippen LogP contribution is 2.43. The predicted molar refractivity (Wildman–Crippen MR) is 246 cm³/mol. The van der Waals surface area contributed by atoms with Crippen LogP contribution in [0.25, 0.3) is 91.1 Å². The summed E-state index contributed by atoms with van der Waals surface area (Å²) in [4.78, 5) is 2.42. The first-order chi connectivity index (χ1) is 28.2. The van der Waals surface area contributed by atoms with E-state index in [4.69, 9.17) is 0 Å². The number of benzene rings is 10. The smallest absolute Gasteiger partial charge is 0.0561 e. The first kappa shape index (κ1) is 32.1. The molecule has 0 bridgehead atoms. The molecule has 0 N–H and O–H groups in total. The maximum atomic E-state index is 2.45. The molecule has 2 nitrogen and oxygen atoms in total. The molecule has 57 heavy (non-hydrogen) atoms. The zero-order valence-corrected chi connectivity index (χ0v) is 31.7. The van der Waals surface area contributed by atoms with Crippen LogP contribution in [-0.4, -0.2) is 4.57 Å². The van der Waals surface area contributed by atoms with E-state index in [2.05, 4.69) is 216 Å². The van der Waals surface area contributed by atoms with Crippen LogP contribution in [0.4, 0.5) is 17.1 Å². The van der Waals surface area contributed by atoms with Gasteiger partial charge in [0.25, 0.3) is 0 Å². The summed E-state index contributed by atoms with van der Waals surface area (Å²) in [6.07, 6.45) is 0. The van der Waals surface area contributed by atoms with Gasteiger partial charge in [-0.1, -0.05) is 140 Å². The van der Waals surface area contributed by atoms with E-state index in [1.807, 2.05) is 11.3 Å². The lowest BCUT2D eigenvalue weighted by atomic mass is 9.96. The quantitative estimate of drug-likeness (QED) is 0.159. The average Bonchev–Trinajstić information content (AvgIpc) is 3.82. The molecule has 266 valence electrons. The Hall–Kier alpha value is -7.20. The van der Waals surface area contributed by atoms with Crippen molar-refractivity contribution >= 4 is 103 Å². The maximum absolute atomic E-state index is 2.45. The van der Waals surface area contributed by atoms with Crippen LogP contribution in [0.1, 0.15) is 0 Å². The monoisotopic (exact) mass is 742 g/mol. The summed E-state index contributed by atoms with van der Waals surface area (Å²) in [6, 6.07) is 75.9. The van der Waals surface area contributed by atoms with Gasteiger partial charge in [-0.25, -0.2) is 0 Å². The van der Waals surface area contributed by atoms with Gasteiger partial charge in [0, 0.05) is 53.7 Å². The second-order valence-corrected chi connectivity index (χ2v) is 16.0. The third kappa shape index (κ3) is 5.10. The molecule has 0 unspecified atom stereocenters. The van der Waals surface area contributed by atoms with Gasteiger partial charge in [0.05, 0.1) is 11.0 Å². The molecule has 0 aliphatic heterocycles. The summed E-state index contributed by atoms with van der Waals surface area (Å²) in [5.74, 6) is 0. The third-order valence-electron chi connectivity index (χ3n) is 11.8. The summed E-state index contributed by atoms with van der Waals surface area (Å²) >= 11 is 1.86. The number of para-hydroxylation sites is 1. The number of thiophene rings is 1. The third-order valence-corrected chi connectivity index (χ3v) is 12.9. The lowest BCUT2D eigenvalue weighted by Gasteiger charge is -2.26. The van der Waals surface area contributed by atoms with Crippen molar-refractivity contribution in [3.05, 3.63) is 206 Å². The summed E-state index contributed by atoms with van der Waals surface area (Å²) in [5.41, 5.74) is 9.27. The molecule has 3 heteroatoms. The van der Waals surface area contributed by atoms with Gasteiger partial charge in [-0.15, -0.1) is 11.3 Å². The van der Waals surface area contributed by atoms with E-state index in [-0.39, 0.29) is 0 Å². The molecule has 12 rings (SSSR count). The SMILES string of the molecule is c1ccc(-c2ccc(N(c3ccc4ccc5c6ccccc6ccc5c4c3)c3ccc4c5ccccc5n(-c5ccc6sc7ccccc7c6c5)c4c3)cc2)cc1. The van der Waals surface area contributed by atoms with Crippen LogP contribution < -0.4 is 4.90 Å². The van der Waals surface area contributed by atoms with E-state index in [1.165, 1.54) is 85.4 Å². The fraction of sp³-hybridized carbons (Fsp3) is 0. The first-order valence-electron chi connectivity index (χ1n) is 19.5. The Bertz CT molecular complexity index is 3520. The van der Waals surface area contributed by atoms with Gasteiger partial charge in [-0.3, -0.25) is 0 Å². The Morgan fingerprint density at radius 2 is 0.895 bits per heavy atom. The standard InChI is InChI=1S/C54H34N2S/c1-2-10-35(11-3-1)36-18-23-39(24-19-36)55(40-25-20-38-22-28-44-43-13-5-4-12-37(43)21-29-45(44)49(38)32-40)42-26-30-47-46-14-6-8-16-51(46)56(52(47)34-42)41-27-31-54-50(33-41)48-15-7-9-17-53(48)57-54/h1-34H. The predicted octanol–water partition coefficient (Wildman–Crippen LogP) is 15.7. The average molecular weight is 743 g/mol. The first-order valence-corrected chi connectivity index (χ1v) is 20.3. The molecule has 0 amide bonds. The molecule has 0 atom stereocenters. The molecule has 0 spiro atoms. The molecule has 0 aliphatic rings. The van der Waals surface area contributed by atoms with Gasteiger partial charge in [-0.2, -0.15) is 0 Å². The maximum Gasteiger partial charge on any atom is 0.0561 e. The summed E-state index contributed by atoms with van der Waals surface area (Å²) in [5, 5.41) is 12.6. The van der Waals surface area contributed by atoms with Crippen molar-refractivity contribution in [3.63, 3.8) is 0 Å². The summed E-state index contributed by atoms with van der Waals surface area (Å²) < 4.78 is 5.08. The van der Waals surface area contributed by atoms with Crippen LogP contribution in [0.5, 0.6) is 0 Å². The topological polar surface area (TPSA) is 8.17 Å². The normalized spacial score (nSPS) is 11.9. The number of fused-ring (bicyclic) bond motifs is 11. The minimum Gasteiger partial charge on any atom is -0.310 e. The van der Waals surface area contributed by atoms with Gasteiger partial charge in [0.15, 0.2) is 0 Å². The van der Waals surface area contributed by atoms with Crippen LogP contribution in [0.3, 0.4) is 0 Å². The van der Waals surface area contributed by atoms with Gasteiger partial charge in [0.2, 0.25) is 0 Å². The van der Waals surface area contributed by atoms with Crippen LogP contribution >= 0.6 is 11.3 Å². The Balaban J connectivity index is 1.09. The minimum absolute atomic E-state index is 1.10. The Morgan fingerprint density at radius 1 is 0.316 bits per heavy atom. The number of anilines is 3. The number of hydrogen-bond donors (Lipinski definition) is 0. The highest BCUT2D eigenvalue weighted by Gasteiger charge is 2.19. The molecule has 0 radical (unpaired) electrons. The van der Waals surface area contributed by atoms with E-state index in [0.29, 0.717) is 0 Å². The molecule has 0 aliphatic carbocycles. The zero-order chi connectivity index (χ0) is 37.5. The molecular formula is C54H34N2S. The number of aromatic nitrogens is 1. The second-order valence-electron chi connectivity index (χ2n) is 14.9. The number of hydrogen-bond acceptors (Lipinski definition) is 2. The lowest BCUT2D eigenvalue weighted by molar-refractivity contribution is 1.18. The Labute approximate surface area is 333 Å². The van der Waals surface area contributed by atoms with E-state index < -0.39 is 0 Å².